The Morgan fingerprint density at radius 3 is 2.38 bits per heavy atom. The van der Waals surface area contributed by atoms with E-state index in [1.165, 1.54) is 12.1 Å². The van der Waals surface area contributed by atoms with E-state index in [0.717, 1.165) is 6.07 Å². The van der Waals surface area contributed by atoms with Gasteiger partial charge in [-0.1, -0.05) is 17.7 Å². The summed E-state index contributed by atoms with van der Waals surface area (Å²) in [6.45, 7) is 0.208. The summed E-state index contributed by atoms with van der Waals surface area (Å²) in [4.78, 5) is 0. The second-order valence-electron chi connectivity index (χ2n) is 4.14. The SMILES string of the molecule is NCC1(c2c(Cl)cccc2C(F)(F)F)CC1. The van der Waals surface area contributed by atoms with Crippen LogP contribution in [0.25, 0.3) is 0 Å². The van der Waals surface area contributed by atoms with Crippen molar-refractivity contribution >= 4 is 11.6 Å². The van der Waals surface area contributed by atoms with E-state index in [4.69, 9.17) is 17.3 Å². The van der Waals surface area contributed by atoms with Crippen LogP contribution in [-0.4, -0.2) is 6.54 Å². The zero-order valence-electron chi connectivity index (χ0n) is 8.44. The molecule has 0 aromatic heterocycles. The van der Waals surface area contributed by atoms with E-state index in [2.05, 4.69) is 0 Å². The maximum atomic E-state index is 12.8. The van der Waals surface area contributed by atoms with Gasteiger partial charge in [0.05, 0.1) is 5.56 Å². The molecule has 0 unspecified atom stereocenters. The number of hydrogen-bond donors (Lipinski definition) is 1. The van der Waals surface area contributed by atoms with Crippen LogP contribution < -0.4 is 5.73 Å². The van der Waals surface area contributed by atoms with Crippen molar-refractivity contribution in [1.82, 2.24) is 0 Å². The van der Waals surface area contributed by atoms with Gasteiger partial charge in [0.25, 0.3) is 0 Å². The van der Waals surface area contributed by atoms with E-state index >= 15 is 0 Å². The summed E-state index contributed by atoms with van der Waals surface area (Å²) in [6.07, 6.45) is -3.02. The van der Waals surface area contributed by atoms with Gasteiger partial charge in [0, 0.05) is 17.0 Å². The van der Waals surface area contributed by atoms with Crippen LogP contribution >= 0.6 is 11.6 Å². The molecule has 16 heavy (non-hydrogen) atoms. The summed E-state index contributed by atoms with van der Waals surface area (Å²) < 4.78 is 38.5. The van der Waals surface area contributed by atoms with Crippen LogP contribution in [0.4, 0.5) is 13.2 Å². The van der Waals surface area contributed by atoms with E-state index in [1.54, 1.807) is 0 Å². The number of benzene rings is 1. The Labute approximate surface area is 96.4 Å². The molecule has 0 saturated heterocycles. The largest absolute Gasteiger partial charge is 0.416 e. The maximum Gasteiger partial charge on any atom is 0.416 e. The summed E-state index contributed by atoms with van der Waals surface area (Å²) in [5.41, 5.74) is 4.53. The monoisotopic (exact) mass is 249 g/mol. The lowest BCUT2D eigenvalue weighted by Crippen LogP contribution is -2.24. The highest BCUT2D eigenvalue weighted by atomic mass is 35.5. The molecule has 0 amide bonds. The van der Waals surface area contributed by atoms with Gasteiger partial charge >= 0.3 is 6.18 Å². The molecule has 0 aliphatic heterocycles. The molecule has 2 rings (SSSR count). The fourth-order valence-electron chi connectivity index (χ4n) is 2.01. The Hall–Kier alpha value is -0.740. The molecule has 1 aliphatic rings. The minimum absolute atomic E-state index is 0.165. The molecule has 5 heteroatoms. The van der Waals surface area contributed by atoms with Crippen molar-refractivity contribution in [2.75, 3.05) is 6.54 Å². The number of rotatable bonds is 2. The average Bonchev–Trinajstić information content (AvgIpc) is 2.96. The predicted molar refractivity (Wildman–Crippen MR) is 56.4 cm³/mol. The van der Waals surface area contributed by atoms with Crippen molar-refractivity contribution < 1.29 is 13.2 Å². The Kier molecular flexibility index (Phi) is 2.67. The zero-order chi connectivity index (χ0) is 12.0. The molecule has 88 valence electrons. The first-order chi connectivity index (χ1) is 7.41. The lowest BCUT2D eigenvalue weighted by Gasteiger charge is -2.20. The molecule has 0 heterocycles. The van der Waals surface area contributed by atoms with Crippen molar-refractivity contribution in [2.24, 2.45) is 5.73 Å². The lowest BCUT2D eigenvalue weighted by atomic mass is 9.91. The van der Waals surface area contributed by atoms with Crippen LogP contribution in [0.5, 0.6) is 0 Å². The molecule has 0 spiro atoms. The van der Waals surface area contributed by atoms with Crippen molar-refractivity contribution in [1.29, 1.82) is 0 Å². The van der Waals surface area contributed by atoms with Crippen molar-refractivity contribution in [3.8, 4) is 0 Å². The van der Waals surface area contributed by atoms with Gasteiger partial charge < -0.3 is 5.73 Å². The number of nitrogens with two attached hydrogens (primary N) is 1. The van der Waals surface area contributed by atoms with Gasteiger partial charge in [-0.25, -0.2) is 0 Å². The summed E-state index contributed by atoms with van der Waals surface area (Å²) >= 11 is 5.88. The predicted octanol–water partition coefficient (Wildman–Crippen LogP) is 3.35. The van der Waals surface area contributed by atoms with E-state index in [9.17, 15) is 13.2 Å². The summed E-state index contributed by atoms with van der Waals surface area (Å²) in [5, 5.41) is 0.165. The Bertz CT molecular complexity index is 410. The third-order valence-corrected chi connectivity index (χ3v) is 3.41. The standard InChI is InChI=1S/C11H11ClF3N/c12-8-3-1-2-7(11(13,14)15)9(8)10(6-16)4-5-10/h1-3H,4-6,16H2. The van der Waals surface area contributed by atoms with Crippen LogP contribution in [-0.2, 0) is 11.6 Å². The van der Waals surface area contributed by atoms with E-state index in [0.29, 0.717) is 12.8 Å². The first-order valence-corrected chi connectivity index (χ1v) is 5.35. The molecule has 0 bridgehead atoms. The Balaban J connectivity index is 2.59. The third-order valence-electron chi connectivity index (χ3n) is 3.09. The molecule has 1 nitrogen and oxygen atoms in total. The normalized spacial score (nSPS) is 18.6. The molecule has 1 aromatic rings. The van der Waals surface area contributed by atoms with Crippen LogP contribution in [0.15, 0.2) is 18.2 Å². The highest BCUT2D eigenvalue weighted by molar-refractivity contribution is 6.31. The maximum absolute atomic E-state index is 12.8. The molecule has 1 fully saturated rings. The topological polar surface area (TPSA) is 26.0 Å². The molecule has 1 aromatic carbocycles. The number of halogens is 4. The van der Waals surface area contributed by atoms with Crippen LogP contribution in [0.2, 0.25) is 5.02 Å². The van der Waals surface area contributed by atoms with Crippen molar-refractivity contribution in [3.05, 3.63) is 34.3 Å². The molecule has 0 atom stereocenters. The van der Waals surface area contributed by atoms with Crippen molar-refractivity contribution in [3.63, 3.8) is 0 Å². The number of alkyl halides is 3. The Morgan fingerprint density at radius 2 is 1.94 bits per heavy atom. The van der Waals surface area contributed by atoms with E-state index < -0.39 is 17.2 Å². The van der Waals surface area contributed by atoms with Gasteiger partial charge in [-0.3, -0.25) is 0 Å². The quantitative estimate of drug-likeness (QED) is 0.855. The van der Waals surface area contributed by atoms with Gasteiger partial charge in [-0.05, 0) is 30.5 Å². The average molecular weight is 250 g/mol. The molecular formula is C11H11ClF3N. The number of hydrogen-bond acceptors (Lipinski definition) is 1. The molecule has 1 saturated carbocycles. The summed E-state index contributed by atoms with van der Waals surface area (Å²) in [5.74, 6) is 0. The van der Waals surface area contributed by atoms with Gasteiger partial charge in [-0.15, -0.1) is 0 Å². The van der Waals surface area contributed by atoms with Gasteiger partial charge in [0.15, 0.2) is 0 Å². The molecule has 2 N–H and O–H groups in total. The lowest BCUT2D eigenvalue weighted by molar-refractivity contribution is -0.138. The van der Waals surface area contributed by atoms with Gasteiger partial charge in [0.2, 0.25) is 0 Å². The first-order valence-electron chi connectivity index (χ1n) is 4.97. The van der Waals surface area contributed by atoms with Crippen LogP contribution in [0.3, 0.4) is 0 Å². The van der Waals surface area contributed by atoms with Crippen LogP contribution in [0, 0.1) is 0 Å². The molecular weight excluding hydrogens is 239 g/mol. The smallest absolute Gasteiger partial charge is 0.330 e. The first kappa shape index (κ1) is 11.7. The highest BCUT2D eigenvalue weighted by Gasteiger charge is 2.49. The summed E-state index contributed by atoms with van der Waals surface area (Å²) in [6, 6.07) is 3.88. The fourth-order valence-corrected chi connectivity index (χ4v) is 2.38. The highest BCUT2D eigenvalue weighted by Crippen LogP contribution is 2.53. The Morgan fingerprint density at radius 1 is 1.31 bits per heavy atom. The van der Waals surface area contributed by atoms with E-state index in [1.807, 2.05) is 0 Å². The van der Waals surface area contributed by atoms with Crippen LogP contribution in [0.1, 0.15) is 24.0 Å². The van der Waals surface area contributed by atoms with Gasteiger partial charge in [-0.2, -0.15) is 13.2 Å². The minimum Gasteiger partial charge on any atom is -0.330 e. The minimum atomic E-state index is -4.37. The molecule has 1 aliphatic carbocycles. The fraction of sp³-hybridized carbons (Fsp3) is 0.455. The second kappa shape index (κ2) is 3.64. The zero-order valence-corrected chi connectivity index (χ0v) is 9.20. The molecule has 0 radical (unpaired) electrons. The third kappa shape index (κ3) is 1.80. The van der Waals surface area contributed by atoms with Crippen molar-refractivity contribution in [2.45, 2.75) is 24.4 Å². The van der Waals surface area contributed by atoms with Gasteiger partial charge in [0.1, 0.15) is 0 Å². The van der Waals surface area contributed by atoms with E-state index in [-0.39, 0.29) is 17.1 Å². The second-order valence-corrected chi connectivity index (χ2v) is 4.55. The summed E-state index contributed by atoms with van der Waals surface area (Å²) in [7, 11) is 0.